The molecule has 2 aliphatic heterocycles. The number of carbonyl (C=O) groups excluding carboxylic acids is 2. The number of ether oxygens (including phenoxy) is 1. The second kappa shape index (κ2) is 21.6. The summed E-state index contributed by atoms with van der Waals surface area (Å²) in [6.07, 6.45) is 3.31. The number of fused-ring (bicyclic) bond motifs is 1. The lowest BCUT2D eigenvalue weighted by Gasteiger charge is -2.48. The lowest BCUT2D eigenvalue weighted by Crippen LogP contribution is -2.55. The van der Waals surface area contributed by atoms with Crippen molar-refractivity contribution in [3.8, 4) is 5.75 Å². The number of primary amides is 1. The fraction of sp³-hybridized carbons (Fsp3) is 0.418. The number of nitrogens with one attached hydrogen (secondary N) is 1. The molecule has 12 heteroatoms. The molecule has 7 rings (SSSR count). The Balaban J connectivity index is 1.02. The van der Waals surface area contributed by atoms with Crippen LogP contribution >= 0.6 is 0 Å². The molecule has 2 amide bonds. The van der Waals surface area contributed by atoms with Crippen LogP contribution in [0, 0.1) is 11.3 Å². The van der Waals surface area contributed by atoms with Gasteiger partial charge in [-0.2, -0.15) is 0 Å². The molecule has 0 aromatic heterocycles. The second-order valence-electron chi connectivity index (χ2n) is 18.8. The van der Waals surface area contributed by atoms with E-state index in [9.17, 15) is 28.2 Å². The molecule has 2 aliphatic rings. The van der Waals surface area contributed by atoms with Crippen LogP contribution < -0.4 is 25.6 Å². The number of aliphatic hydroxyl groups excluding tert-OH is 2. The summed E-state index contributed by atoms with van der Waals surface area (Å²) in [5.41, 5.74) is 11.8. The fourth-order valence-electron chi connectivity index (χ4n) is 10.4. The summed E-state index contributed by atoms with van der Waals surface area (Å²) >= 11 is 0. The molecule has 7 atom stereocenters. The predicted molar refractivity (Wildman–Crippen MR) is 266 cm³/mol. The van der Waals surface area contributed by atoms with Crippen molar-refractivity contribution in [2.24, 2.45) is 17.1 Å². The summed E-state index contributed by atoms with van der Waals surface area (Å²) in [6.45, 7) is 5.26. The first-order valence-corrected chi connectivity index (χ1v) is 25.5. The molecule has 11 nitrogen and oxygen atoms in total. The summed E-state index contributed by atoms with van der Waals surface area (Å²) in [7, 11) is 1.71. The maximum Gasteiger partial charge on any atom is 0.233 e. The monoisotopic (exact) mass is 928 g/mol. The molecule has 1 saturated heterocycles. The molecule has 0 saturated carbocycles. The van der Waals surface area contributed by atoms with E-state index >= 15 is 0 Å². The van der Waals surface area contributed by atoms with Crippen LogP contribution in [-0.4, -0.2) is 70.1 Å². The minimum absolute atomic E-state index is 0.0317. The van der Waals surface area contributed by atoms with Crippen molar-refractivity contribution in [1.29, 1.82) is 0 Å². The smallest absolute Gasteiger partial charge is 0.233 e. The topological polar surface area (TPSA) is 162 Å². The van der Waals surface area contributed by atoms with Crippen molar-refractivity contribution >= 4 is 33.0 Å². The van der Waals surface area contributed by atoms with Crippen LogP contribution in [0.4, 0.5) is 11.4 Å². The number of hydrogen-bond donors (Lipinski definition) is 4. The van der Waals surface area contributed by atoms with Gasteiger partial charge in [-0.1, -0.05) is 106 Å². The first-order chi connectivity index (χ1) is 32.2. The number of β-lactam (4-membered cyclic amide) rings is 1. The molecule has 0 spiro atoms. The number of aliphatic hydroxyl groups is 2. The molecule has 5 aromatic rings. The highest BCUT2D eigenvalue weighted by atomic mass is 32.2. The van der Waals surface area contributed by atoms with E-state index in [0.717, 1.165) is 57.8 Å². The van der Waals surface area contributed by atoms with Gasteiger partial charge < -0.3 is 35.8 Å². The van der Waals surface area contributed by atoms with E-state index in [1.54, 1.807) is 13.2 Å². The molecule has 1 fully saturated rings. The SMILES string of the molecule is CCCCC1(CC)CS(=O)(=O)c2ccc(N(C)C)cc2C(c2cccc(C(CCCNCc3ccc(N4C(=O)C(CCC(O)c5ccccc5)C4c4ccc(OC)cc4)cc3)C(N)=O)c2)C1O. The van der Waals surface area contributed by atoms with Crippen molar-refractivity contribution in [3.05, 3.63) is 155 Å². The Labute approximate surface area is 397 Å². The Hall–Kier alpha value is -5.53. The molecule has 356 valence electrons. The van der Waals surface area contributed by atoms with E-state index in [1.165, 1.54) is 0 Å². The molecule has 67 heavy (non-hydrogen) atoms. The first-order valence-electron chi connectivity index (χ1n) is 23.8. The molecule has 0 radical (unpaired) electrons. The van der Waals surface area contributed by atoms with E-state index in [2.05, 4.69) is 12.2 Å². The highest BCUT2D eigenvalue weighted by Gasteiger charge is 2.50. The molecule has 5 aromatic carbocycles. The highest BCUT2D eigenvalue weighted by molar-refractivity contribution is 7.91. The average molecular weight is 929 g/mol. The predicted octanol–water partition coefficient (Wildman–Crippen LogP) is 8.98. The van der Waals surface area contributed by atoms with E-state index in [0.29, 0.717) is 57.2 Å². The normalized spacial score (nSPS) is 22.0. The van der Waals surface area contributed by atoms with Crippen LogP contribution in [0.1, 0.15) is 123 Å². The van der Waals surface area contributed by atoms with Gasteiger partial charge in [-0.15, -0.1) is 0 Å². The largest absolute Gasteiger partial charge is 0.497 e. The van der Waals surface area contributed by atoms with Gasteiger partial charge in [-0.05, 0) is 121 Å². The van der Waals surface area contributed by atoms with Crippen molar-refractivity contribution in [2.45, 2.75) is 107 Å². The molecular formula is C55H68N4O7S. The summed E-state index contributed by atoms with van der Waals surface area (Å²) in [5, 5.41) is 26.9. The summed E-state index contributed by atoms with van der Waals surface area (Å²) in [4.78, 5) is 30.9. The maximum absolute atomic E-state index is 14.2. The van der Waals surface area contributed by atoms with Crippen LogP contribution in [0.3, 0.4) is 0 Å². The number of sulfone groups is 1. The fourth-order valence-corrected chi connectivity index (χ4v) is 12.6. The third-order valence-corrected chi connectivity index (χ3v) is 16.3. The summed E-state index contributed by atoms with van der Waals surface area (Å²) in [5.74, 6) is -1.30. The number of methoxy groups -OCH3 is 1. The van der Waals surface area contributed by atoms with Crippen LogP contribution in [0.5, 0.6) is 5.75 Å². The Morgan fingerprint density at radius 2 is 1.61 bits per heavy atom. The van der Waals surface area contributed by atoms with Crippen LogP contribution in [-0.2, 0) is 26.0 Å². The van der Waals surface area contributed by atoms with E-state index in [-0.39, 0.29) is 28.5 Å². The van der Waals surface area contributed by atoms with E-state index in [4.69, 9.17) is 10.5 Å². The number of nitrogens with zero attached hydrogens (tertiary/aromatic N) is 2. The lowest BCUT2D eigenvalue weighted by atomic mass is 9.69. The highest BCUT2D eigenvalue weighted by Crippen LogP contribution is 2.50. The molecular weight excluding hydrogens is 861 g/mol. The quantitative estimate of drug-likeness (QED) is 0.0416. The molecule has 7 unspecified atom stereocenters. The number of carbonyl (C=O) groups is 2. The zero-order valence-electron chi connectivity index (χ0n) is 39.6. The average Bonchev–Trinajstić information content (AvgIpc) is 3.40. The molecule has 0 aliphatic carbocycles. The number of amides is 2. The van der Waals surface area contributed by atoms with Crippen LogP contribution in [0.2, 0.25) is 0 Å². The molecule has 5 N–H and O–H groups in total. The third-order valence-electron chi connectivity index (χ3n) is 14.3. The number of unbranched alkanes of at least 4 members (excludes halogenated alkanes) is 1. The standard InChI is InChI=1S/C55H68N4O7S/c1-6-8-31-55(7-2)36-67(64,65)49-30-25-43(58(3)4)34-47(49)50(52(55)61)41-17-12-16-40(33-41)45(53(56)62)18-13-32-57-35-37-19-23-42(24-20-37)59-51(39-21-26-44(66-5)27-22-39)46(54(59)63)28-29-48(60)38-14-10-9-11-15-38/h9-12,14-17,19-27,30,33-34,45-46,48,50-52,57,60-61H,6-8,13,18,28-29,31-32,35-36H2,1-5H3,(H2,56,62). The lowest BCUT2D eigenvalue weighted by molar-refractivity contribution is -0.131. The number of benzene rings is 5. The van der Waals surface area contributed by atoms with Gasteiger partial charge in [-0.3, -0.25) is 9.59 Å². The van der Waals surface area contributed by atoms with Gasteiger partial charge >= 0.3 is 0 Å². The van der Waals surface area contributed by atoms with Crippen molar-refractivity contribution in [1.82, 2.24) is 5.32 Å². The molecule has 0 bridgehead atoms. The van der Waals surface area contributed by atoms with Gasteiger partial charge in [-0.25, -0.2) is 8.42 Å². The Bertz CT molecular complexity index is 2570. The summed E-state index contributed by atoms with van der Waals surface area (Å²) in [6, 6.07) is 38.2. The minimum Gasteiger partial charge on any atom is -0.497 e. The maximum atomic E-state index is 14.2. The van der Waals surface area contributed by atoms with Crippen LogP contribution in [0.15, 0.2) is 126 Å². The van der Waals surface area contributed by atoms with Gasteiger partial charge in [0.15, 0.2) is 9.84 Å². The Kier molecular flexibility index (Phi) is 15.9. The van der Waals surface area contributed by atoms with Crippen molar-refractivity contribution in [2.75, 3.05) is 43.3 Å². The Morgan fingerprint density at radius 1 is 0.896 bits per heavy atom. The van der Waals surface area contributed by atoms with Gasteiger partial charge in [0.2, 0.25) is 11.8 Å². The van der Waals surface area contributed by atoms with Crippen LogP contribution in [0.25, 0.3) is 0 Å². The zero-order valence-corrected chi connectivity index (χ0v) is 40.4. The van der Waals surface area contributed by atoms with E-state index < -0.39 is 45.2 Å². The van der Waals surface area contributed by atoms with Crippen molar-refractivity contribution in [3.63, 3.8) is 0 Å². The third kappa shape index (κ3) is 10.8. The van der Waals surface area contributed by atoms with Gasteiger partial charge in [0.05, 0.1) is 47.8 Å². The first kappa shape index (κ1) is 49.4. The summed E-state index contributed by atoms with van der Waals surface area (Å²) < 4.78 is 33.7. The Morgan fingerprint density at radius 3 is 2.27 bits per heavy atom. The number of anilines is 2. The van der Waals surface area contributed by atoms with E-state index in [1.807, 2.05) is 146 Å². The minimum atomic E-state index is -3.74. The second-order valence-corrected chi connectivity index (χ2v) is 20.7. The zero-order chi connectivity index (χ0) is 47.9. The van der Waals surface area contributed by atoms with Gasteiger partial charge in [0.1, 0.15) is 5.75 Å². The number of rotatable bonds is 21. The van der Waals surface area contributed by atoms with Crippen molar-refractivity contribution < 1.29 is 33.0 Å². The van der Waals surface area contributed by atoms with Gasteiger partial charge in [0, 0.05) is 43.3 Å². The van der Waals surface area contributed by atoms with Gasteiger partial charge in [0.25, 0.3) is 0 Å². The number of nitrogens with two attached hydrogens (primary N) is 1. The molecule has 2 heterocycles. The number of hydrogen-bond acceptors (Lipinski definition) is 9.